The Balaban J connectivity index is 1.35. The third-order valence-corrected chi connectivity index (χ3v) is 6.53. The smallest absolute Gasteiger partial charge is 0.217 e. The van der Waals surface area contributed by atoms with Crippen LogP contribution in [0.4, 0.5) is 5.13 Å². The van der Waals surface area contributed by atoms with E-state index >= 15 is 0 Å². The summed E-state index contributed by atoms with van der Waals surface area (Å²) in [4.78, 5) is 20.9. The van der Waals surface area contributed by atoms with Crippen molar-refractivity contribution in [1.29, 1.82) is 0 Å². The predicted octanol–water partition coefficient (Wildman–Crippen LogP) is 3.13. The average molecular weight is 379 g/mol. The Labute approximate surface area is 157 Å². The number of hydrogen-bond acceptors (Lipinski definition) is 5. The predicted molar refractivity (Wildman–Crippen MR) is 104 cm³/mol. The van der Waals surface area contributed by atoms with Crippen LogP contribution in [0.3, 0.4) is 0 Å². The molecule has 0 saturated carbocycles. The van der Waals surface area contributed by atoms with E-state index in [2.05, 4.69) is 15.1 Å². The fraction of sp³-hybridized carbons (Fsp3) is 0.556. The van der Waals surface area contributed by atoms with Gasteiger partial charge in [0.05, 0.1) is 10.2 Å². The van der Waals surface area contributed by atoms with Crippen LogP contribution >= 0.6 is 22.9 Å². The molecule has 1 atom stereocenters. The molecule has 0 radical (unpaired) electrons. The summed E-state index contributed by atoms with van der Waals surface area (Å²) in [5, 5.41) is 4.93. The molecule has 2 fully saturated rings. The number of amides is 1. The number of halogens is 1. The highest BCUT2D eigenvalue weighted by atomic mass is 35.5. The number of likely N-dealkylation sites (tertiary alicyclic amines) is 1. The van der Waals surface area contributed by atoms with Crippen molar-refractivity contribution in [2.75, 3.05) is 31.1 Å². The molecule has 1 aromatic heterocycles. The molecule has 5 nitrogen and oxygen atoms in total. The topological polar surface area (TPSA) is 48.5 Å². The van der Waals surface area contributed by atoms with Crippen LogP contribution in [0.2, 0.25) is 5.02 Å². The van der Waals surface area contributed by atoms with Gasteiger partial charge in [0.1, 0.15) is 0 Å². The first-order valence-electron chi connectivity index (χ1n) is 8.90. The zero-order valence-corrected chi connectivity index (χ0v) is 15.9. The Bertz CT molecular complexity index is 772. The van der Waals surface area contributed by atoms with Crippen LogP contribution in [0.25, 0.3) is 10.2 Å². The second kappa shape index (κ2) is 7.09. The Kier molecular flexibility index (Phi) is 4.84. The second-order valence-corrected chi connectivity index (χ2v) is 8.45. The van der Waals surface area contributed by atoms with Crippen molar-refractivity contribution in [3.63, 3.8) is 0 Å². The molecule has 2 saturated heterocycles. The van der Waals surface area contributed by atoms with Gasteiger partial charge in [0.15, 0.2) is 5.13 Å². The SMILES string of the molecule is CC(=O)NC1CCN(C2CCN(c3nc4ccc(Cl)cc4s3)CC2)C1. The average Bonchev–Trinajstić information content (AvgIpc) is 3.21. The van der Waals surface area contributed by atoms with E-state index in [1.165, 1.54) is 0 Å². The normalized spacial score (nSPS) is 22.6. The van der Waals surface area contributed by atoms with E-state index in [1.54, 1.807) is 18.3 Å². The molecule has 134 valence electrons. The Morgan fingerprint density at radius 3 is 2.84 bits per heavy atom. The molecule has 3 heterocycles. The van der Waals surface area contributed by atoms with Gasteiger partial charge in [0, 0.05) is 50.2 Å². The summed E-state index contributed by atoms with van der Waals surface area (Å²) in [5.41, 5.74) is 1.03. The van der Waals surface area contributed by atoms with E-state index in [9.17, 15) is 4.79 Å². The quantitative estimate of drug-likeness (QED) is 0.891. The fourth-order valence-corrected chi connectivity index (χ4v) is 5.26. The largest absolute Gasteiger partial charge is 0.352 e. The van der Waals surface area contributed by atoms with E-state index in [0.29, 0.717) is 12.1 Å². The monoisotopic (exact) mass is 378 g/mol. The molecule has 2 aromatic rings. The summed E-state index contributed by atoms with van der Waals surface area (Å²) < 4.78 is 1.15. The number of nitrogens with zero attached hydrogens (tertiary/aromatic N) is 3. The van der Waals surface area contributed by atoms with Gasteiger partial charge in [0.25, 0.3) is 0 Å². The van der Waals surface area contributed by atoms with Gasteiger partial charge in [-0.3, -0.25) is 9.69 Å². The maximum Gasteiger partial charge on any atom is 0.217 e. The van der Waals surface area contributed by atoms with Crippen molar-refractivity contribution < 1.29 is 4.79 Å². The van der Waals surface area contributed by atoms with Gasteiger partial charge in [-0.15, -0.1) is 0 Å². The minimum absolute atomic E-state index is 0.0811. The van der Waals surface area contributed by atoms with E-state index in [-0.39, 0.29) is 5.91 Å². The highest BCUT2D eigenvalue weighted by molar-refractivity contribution is 7.22. The number of aromatic nitrogens is 1. The van der Waals surface area contributed by atoms with Gasteiger partial charge in [0.2, 0.25) is 5.91 Å². The lowest BCUT2D eigenvalue weighted by Gasteiger charge is -2.36. The fourth-order valence-electron chi connectivity index (χ4n) is 3.97. The van der Waals surface area contributed by atoms with E-state index in [1.807, 2.05) is 18.2 Å². The molecule has 7 heteroatoms. The van der Waals surface area contributed by atoms with E-state index in [0.717, 1.165) is 65.8 Å². The van der Waals surface area contributed by atoms with Crippen LogP contribution in [0.5, 0.6) is 0 Å². The molecular weight excluding hydrogens is 356 g/mol. The first-order chi connectivity index (χ1) is 12.1. The summed E-state index contributed by atoms with van der Waals surface area (Å²) in [5.74, 6) is 0.0811. The molecule has 4 rings (SSSR count). The second-order valence-electron chi connectivity index (χ2n) is 7.01. The van der Waals surface area contributed by atoms with Gasteiger partial charge < -0.3 is 10.2 Å². The van der Waals surface area contributed by atoms with Crippen LogP contribution in [-0.2, 0) is 4.79 Å². The Hall–Kier alpha value is -1.37. The van der Waals surface area contributed by atoms with Gasteiger partial charge in [-0.1, -0.05) is 22.9 Å². The molecule has 0 spiro atoms. The molecule has 1 unspecified atom stereocenters. The minimum atomic E-state index is 0.0811. The summed E-state index contributed by atoms with van der Waals surface area (Å²) in [6, 6.07) is 6.84. The summed E-state index contributed by atoms with van der Waals surface area (Å²) in [7, 11) is 0. The third-order valence-electron chi connectivity index (χ3n) is 5.22. The number of fused-ring (bicyclic) bond motifs is 1. The number of nitrogens with one attached hydrogen (secondary N) is 1. The van der Waals surface area contributed by atoms with Crippen molar-refractivity contribution >= 4 is 44.2 Å². The number of anilines is 1. The van der Waals surface area contributed by atoms with Crippen molar-refractivity contribution in [2.45, 2.75) is 38.3 Å². The van der Waals surface area contributed by atoms with Gasteiger partial charge >= 0.3 is 0 Å². The molecule has 1 amide bonds. The Morgan fingerprint density at radius 2 is 2.08 bits per heavy atom. The maximum atomic E-state index is 11.2. The molecular formula is C18H23ClN4OS. The van der Waals surface area contributed by atoms with Crippen LogP contribution in [-0.4, -0.2) is 54.1 Å². The first-order valence-corrected chi connectivity index (χ1v) is 10.1. The van der Waals surface area contributed by atoms with Crippen molar-refractivity contribution in [2.24, 2.45) is 0 Å². The lowest BCUT2D eigenvalue weighted by atomic mass is 10.0. The summed E-state index contributed by atoms with van der Waals surface area (Å²) in [6.45, 7) is 5.77. The molecule has 25 heavy (non-hydrogen) atoms. The van der Waals surface area contributed by atoms with Crippen molar-refractivity contribution in [3.8, 4) is 0 Å². The number of hydrogen-bond donors (Lipinski definition) is 1. The minimum Gasteiger partial charge on any atom is -0.352 e. The number of thiazole rings is 1. The van der Waals surface area contributed by atoms with Gasteiger partial charge in [-0.2, -0.15) is 0 Å². The summed E-state index contributed by atoms with van der Waals surface area (Å²) >= 11 is 7.81. The standard InChI is InChI=1S/C18H23ClN4OS/c1-12(24)20-14-4-7-23(11-14)15-5-8-22(9-6-15)18-21-16-3-2-13(19)10-17(16)25-18/h2-3,10,14-15H,4-9,11H2,1H3,(H,20,24). The number of benzene rings is 1. The van der Waals surface area contributed by atoms with Crippen LogP contribution < -0.4 is 10.2 Å². The highest BCUT2D eigenvalue weighted by Gasteiger charge is 2.31. The molecule has 2 aliphatic rings. The summed E-state index contributed by atoms with van der Waals surface area (Å²) in [6.07, 6.45) is 3.38. The lowest BCUT2D eigenvalue weighted by Crippen LogP contribution is -2.45. The number of carbonyl (C=O) groups is 1. The molecule has 1 aromatic carbocycles. The lowest BCUT2D eigenvalue weighted by molar-refractivity contribution is -0.119. The number of rotatable bonds is 3. The van der Waals surface area contributed by atoms with Crippen molar-refractivity contribution in [3.05, 3.63) is 23.2 Å². The number of carbonyl (C=O) groups excluding carboxylic acids is 1. The van der Waals surface area contributed by atoms with Gasteiger partial charge in [-0.05, 0) is 37.5 Å². The third kappa shape index (κ3) is 3.76. The number of piperidine rings is 1. The van der Waals surface area contributed by atoms with E-state index in [4.69, 9.17) is 16.6 Å². The molecule has 1 N–H and O–H groups in total. The first kappa shape index (κ1) is 17.1. The van der Waals surface area contributed by atoms with E-state index < -0.39 is 0 Å². The van der Waals surface area contributed by atoms with Gasteiger partial charge in [-0.25, -0.2) is 4.98 Å². The van der Waals surface area contributed by atoms with Crippen LogP contribution in [0, 0.1) is 0 Å². The Morgan fingerprint density at radius 1 is 1.28 bits per heavy atom. The van der Waals surface area contributed by atoms with Crippen LogP contribution in [0.15, 0.2) is 18.2 Å². The zero-order valence-electron chi connectivity index (χ0n) is 14.4. The molecule has 2 aliphatic heterocycles. The highest BCUT2D eigenvalue weighted by Crippen LogP contribution is 2.33. The molecule has 0 aliphatic carbocycles. The zero-order chi connectivity index (χ0) is 17.4. The van der Waals surface area contributed by atoms with Crippen molar-refractivity contribution in [1.82, 2.24) is 15.2 Å². The van der Waals surface area contributed by atoms with Crippen LogP contribution in [0.1, 0.15) is 26.2 Å². The molecule has 0 bridgehead atoms. The maximum absolute atomic E-state index is 11.2.